The second-order valence-electron chi connectivity index (χ2n) is 14.9. The quantitative estimate of drug-likeness (QED) is 0.279. The second-order valence-corrected chi connectivity index (χ2v) is 14.9. The first-order chi connectivity index (χ1) is 17.7. The first kappa shape index (κ1) is 27.7. The average Bonchev–Trinajstić information content (AvgIpc) is 3.47. The third-order valence-electron chi connectivity index (χ3n) is 13.2. The van der Waals surface area contributed by atoms with Crippen LogP contribution in [-0.4, -0.2) is 54.3 Å². The molecule has 4 heteroatoms. The van der Waals surface area contributed by atoms with Gasteiger partial charge in [0.1, 0.15) is 0 Å². The van der Waals surface area contributed by atoms with Gasteiger partial charge in [-0.05, 0) is 117 Å². The zero-order valence-electron chi connectivity index (χ0n) is 24.4. The number of hydrogen-bond acceptors (Lipinski definition) is 2. The zero-order valence-corrected chi connectivity index (χ0v) is 24.4. The van der Waals surface area contributed by atoms with Crippen LogP contribution in [0.4, 0.5) is 0 Å². The van der Waals surface area contributed by atoms with Gasteiger partial charge in [-0.3, -0.25) is 4.79 Å². The van der Waals surface area contributed by atoms with Crippen molar-refractivity contribution in [1.29, 1.82) is 0 Å². The van der Waals surface area contributed by atoms with Crippen LogP contribution in [-0.2, 0) is 4.79 Å². The third kappa shape index (κ3) is 5.20. The van der Waals surface area contributed by atoms with E-state index in [0.29, 0.717) is 23.2 Å². The molecule has 1 aliphatic heterocycles. The van der Waals surface area contributed by atoms with Crippen molar-refractivity contribution in [2.45, 2.75) is 110 Å². The van der Waals surface area contributed by atoms with E-state index >= 15 is 0 Å². The van der Waals surface area contributed by atoms with Gasteiger partial charge in [0.15, 0.2) is 0 Å². The SMILES string of the molecule is C=CC[N+]1(CCNC(=O)CC[C@@H](C)[C@H]2CCC3C4CCC5C[C@H](O)CC[C@]5(C)C4CC[C@@]32C)CCCC1. The molecular formula is C33H57N2O2+. The lowest BCUT2D eigenvalue weighted by atomic mass is 9.44. The molecule has 37 heavy (non-hydrogen) atoms. The summed E-state index contributed by atoms with van der Waals surface area (Å²) >= 11 is 0. The Bertz CT molecular complexity index is 821. The van der Waals surface area contributed by atoms with E-state index in [1.165, 1.54) is 70.9 Å². The van der Waals surface area contributed by atoms with E-state index in [-0.39, 0.29) is 12.0 Å². The number of quaternary nitrogens is 1. The van der Waals surface area contributed by atoms with E-state index in [2.05, 4.69) is 38.7 Å². The van der Waals surface area contributed by atoms with E-state index in [1.807, 2.05) is 0 Å². The van der Waals surface area contributed by atoms with Gasteiger partial charge in [-0.1, -0.05) is 27.4 Å². The highest BCUT2D eigenvalue weighted by Gasteiger charge is 2.60. The number of carbonyl (C=O) groups excluding carboxylic acids is 1. The van der Waals surface area contributed by atoms with Crippen LogP contribution in [0.15, 0.2) is 12.7 Å². The maximum atomic E-state index is 12.8. The van der Waals surface area contributed by atoms with Gasteiger partial charge in [-0.2, -0.15) is 0 Å². The number of rotatable bonds is 9. The third-order valence-corrected chi connectivity index (χ3v) is 13.2. The lowest BCUT2D eigenvalue weighted by Gasteiger charge is -2.61. The number of nitrogens with zero attached hydrogens (tertiary/aromatic N) is 1. The summed E-state index contributed by atoms with van der Waals surface area (Å²) in [5.74, 6) is 5.06. The van der Waals surface area contributed by atoms with E-state index in [1.54, 1.807) is 0 Å². The van der Waals surface area contributed by atoms with Crippen molar-refractivity contribution in [3.05, 3.63) is 12.7 Å². The molecule has 1 heterocycles. The number of fused-ring (bicyclic) bond motifs is 5. The van der Waals surface area contributed by atoms with Gasteiger partial charge in [0.2, 0.25) is 5.91 Å². The monoisotopic (exact) mass is 513 g/mol. The number of carbonyl (C=O) groups is 1. The number of nitrogens with one attached hydrogen (secondary N) is 1. The minimum absolute atomic E-state index is 0.0487. The Morgan fingerprint density at radius 2 is 1.78 bits per heavy atom. The van der Waals surface area contributed by atoms with E-state index in [0.717, 1.165) is 73.0 Å². The largest absolute Gasteiger partial charge is 0.393 e. The van der Waals surface area contributed by atoms with Crippen molar-refractivity contribution in [3.63, 3.8) is 0 Å². The molecule has 0 aromatic heterocycles. The number of likely N-dealkylation sites (tertiary alicyclic amines) is 1. The maximum absolute atomic E-state index is 12.8. The Balaban J connectivity index is 1.13. The Morgan fingerprint density at radius 1 is 1.05 bits per heavy atom. The molecule has 0 bridgehead atoms. The predicted molar refractivity (Wildman–Crippen MR) is 152 cm³/mol. The predicted octanol–water partition coefficient (Wildman–Crippen LogP) is 6.34. The summed E-state index contributed by atoms with van der Waals surface area (Å²) in [5.41, 5.74) is 0.929. The molecule has 1 amide bonds. The summed E-state index contributed by atoms with van der Waals surface area (Å²) in [7, 11) is 0. The number of amides is 1. The van der Waals surface area contributed by atoms with E-state index < -0.39 is 0 Å². The van der Waals surface area contributed by atoms with Crippen LogP contribution in [0.25, 0.3) is 0 Å². The van der Waals surface area contributed by atoms with Gasteiger partial charge in [0.25, 0.3) is 0 Å². The van der Waals surface area contributed by atoms with Crippen LogP contribution in [0.5, 0.6) is 0 Å². The van der Waals surface area contributed by atoms with Crippen LogP contribution in [0.3, 0.4) is 0 Å². The van der Waals surface area contributed by atoms with Gasteiger partial charge >= 0.3 is 0 Å². The fourth-order valence-corrected chi connectivity index (χ4v) is 11.1. The van der Waals surface area contributed by atoms with Crippen molar-refractivity contribution in [3.8, 4) is 0 Å². The van der Waals surface area contributed by atoms with Crippen LogP contribution < -0.4 is 5.32 Å². The van der Waals surface area contributed by atoms with Gasteiger partial charge in [-0.25, -0.2) is 0 Å². The highest BCUT2D eigenvalue weighted by Crippen LogP contribution is 2.68. The molecule has 0 aromatic rings. The fraction of sp³-hybridized carbons (Fsp3) is 0.909. The van der Waals surface area contributed by atoms with Gasteiger partial charge in [-0.15, -0.1) is 0 Å². The van der Waals surface area contributed by atoms with Crippen molar-refractivity contribution >= 4 is 5.91 Å². The van der Waals surface area contributed by atoms with Crippen molar-refractivity contribution in [2.75, 3.05) is 32.7 Å². The number of aliphatic hydroxyl groups is 1. The molecule has 4 unspecified atom stereocenters. The molecular weight excluding hydrogens is 456 g/mol. The van der Waals surface area contributed by atoms with Gasteiger partial charge in [0.05, 0.1) is 38.8 Å². The normalized spacial score (nSPS) is 43.4. The number of aliphatic hydroxyl groups excluding tert-OH is 1. The smallest absolute Gasteiger partial charge is 0.220 e. The summed E-state index contributed by atoms with van der Waals surface area (Å²) in [6, 6.07) is 0. The molecule has 9 atom stereocenters. The summed E-state index contributed by atoms with van der Waals surface area (Å²) in [4.78, 5) is 12.8. The Hall–Kier alpha value is -0.870. The lowest BCUT2D eigenvalue weighted by molar-refractivity contribution is -0.910. The van der Waals surface area contributed by atoms with E-state index in [9.17, 15) is 9.90 Å². The molecule has 0 spiro atoms. The summed E-state index contributed by atoms with van der Waals surface area (Å²) in [5, 5.41) is 13.6. The molecule has 5 aliphatic rings. The molecule has 1 saturated heterocycles. The molecule has 4 nitrogen and oxygen atoms in total. The molecule has 5 rings (SSSR count). The van der Waals surface area contributed by atoms with Crippen LogP contribution in [0, 0.1) is 46.3 Å². The van der Waals surface area contributed by atoms with Crippen molar-refractivity contribution in [2.24, 2.45) is 46.3 Å². The summed E-state index contributed by atoms with van der Waals surface area (Å²) in [6.07, 6.45) is 18.0. The Kier molecular flexibility index (Phi) is 8.19. The summed E-state index contributed by atoms with van der Waals surface area (Å²) in [6.45, 7) is 17.0. The summed E-state index contributed by atoms with van der Waals surface area (Å²) < 4.78 is 1.12. The van der Waals surface area contributed by atoms with Crippen molar-refractivity contribution in [1.82, 2.24) is 5.32 Å². The highest BCUT2D eigenvalue weighted by molar-refractivity contribution is 5.75. The van der Waals surface area contributed by atoms with Gasteiger partial charge < -0.3 is 14.9 Å². The Labute approximate surface area is 227 Å². The lowest BCUT2D eigenvalue weighted by Crippen LogP contribution is -2.54. The maximum Gasteiger partial charge on any atom is 0.220 e. The molecule has 0 radical (unpaired) electrons. The second kappa shape index (κ2) is 11.0. The molecule has 5 fully saturated rings. The molecule has 0 aromatic carbocycles. The average molecular weight is 514 g/mol. The van der Waals surface area contributed by atoms with Crippen LogP contribution in [0.1, 0.15) is 104 Å². The highest BCUT2D eigenvalue weighted by atomic mass is 16.3. The number of hydrogen-bond donors (Lipinski definition) is 2. The minimum atomic E-state index is -0.0487. The first-order valence-corrected chi connectivity index (χ1v) is 16.1. The standard InChI is InChI=1S/C33H56N2O2/c1-5-19-35(20-6-7-21-35)22-18-34-31(37)13-8-24(2)28-11-12-29-27-10-9-25-23-26(36)14-16-32(25,3)30(27)15-17-33(28,29)4/h5,24-30,36H,1,6-23H2,2-4H3/p+1/t24-,25?,26-,27?,28-,29?,30?,32+,33-/m1/s1. The van der Waals surface area contributed by atoms with Crippen molar-refractivity contribution < 1.29 is 14.4 Å². The first-order valence-electron chi connectivity index (χ1n) is 16.1. The molecule has 2 N–H and O–H groups in total. The molecule has 4 aliphatic carbocycles. The zero-order chi connectivity index (χ0) is 26.3. The topological polar surface area (TPSA) is 49.3 Å². The van der Waals surface area contributed by atoms with E-state index in [4.69, 9.17) is 0 Å². The van der Waals surface area contributed by atoms with Crippen LogP contribution in [0.2, 0.25) is 0 Å². The fourth-order valence-electron chi connectivity index (χ4n) is 11.1. The van der Waals surface area contributed by atoms with Crippen LogP contribution >= 0.6 is 0 Å². The van der Waals surface area contributed by atoms with Gasteiger partial charge in [0, 0.05) is 19.3 Å². The molecule has 4 saturated carbocycles. The molecule has 210 valence electrons. The minimum Gasteiger partial charge on any atom is -0.393 e. The Morgan fingerprint density at radius 3 is 2.54 bits per heavy atom.